The first-order chi connectivity index (χ1) is 6.01. The van der Waals surface area contributed by atoms with Crippen molar-refractivity contribution < 1.29 is 4.79 Å². The fraction of sp³-hybridized carbons (Fsp3) is 0.556. The van der Waals surface area contributed by atoms with Gasteiger partial charge in [0.1, 0.15) is 5.78 Å². The van der Waals surface area contributed by atoms with Gasteiger partial charge in [-0.1, -0.05) is 0 Å². The number of nitrogens with zero attached hydrogens (tertiary/aromatic N) is 1. The Labute approximate surface area is 81.0 Å². The number of carbonyl (C=O) groups excluding carboxylic acids is 1. The van der Waals surface area contributed by atoms with Crippen molar-refractivity contribution >= 4 is 22.3 Å². The molecule has 1 aromatic rings. The molecule has 0 aromatic carbocycles. The summed E-state index contributed by atoms with van der Waals surface area (Å²) in [5.41, 5.74) is 6.09. The van der Waals surface area contributed by atoms with Crippen LogP contribution in [0.5, 0.6) is 0 Å². The number of hydrogen-bond donors (Lipinski definition) is 1. The molecule has 0 amide bonds. The quantitative estimate of drug-likeness (QED) is 0.684. The Balaban J connectivity index is 2.58. The van der Waals surface area contributed by atoms with Crippen LogP contribution in [0.1, 0.15) is 30.8 Å². The zero-order valence-corrected chi connectivity index (χ0v) is 8.57. The topological polar surface area (TPSA) is 56.0 Å². The molecule has 2 rings (SSSR count). The third kappa shape index (κ3) is 1.16. The standard InChI is InChI=1S/C9H12N2OS/c1-9(2)6(12)4-3-5-7(9)11-8(10)13-5/h3-4H2,1-2H3,(H2,10,11). The summed E-state index contributed by atoms with van der Waals surface area (Å²) in [5, 5.41) is 0.577. The Hall–Kier alpha value is -0.900. The average Bonchev–Trinajstić information content (AvgIpc) is 2.41. The summed E-state index contributed by atoms with van der Waals surface area (Å²) >= 11 is 1.51. The summed E-state index contributed by atoms with van der Waals surface area (Å²) < 4.78 is 0. The molecule has 0 fully saturated rings. The smallest absolute Gasteiger partial charge is 0.180 e. The molecule has 0 saturated heterocycles. The molecule has 0 unspecified atom stereocenters. The lowest BCUT2D eigenvalue weighted by Gasteiger charge is -2.26. The maximum Gasteiger partial charge on any atom is 0.180 e. The van der Waals surface area contributed by atoms with E-state index in [1.807, 2.05) is 13.8 Å². The zero-order chi connectivity index (χ0) is 9.64. The van der Waals surface area contributed by atoms with E-state index in [0.717, 1.165) is 12.1 Å². The molecule has 4 heteroatoms. The first kappa shape index (κ1) is 8.69. The van der Waals surface area contributed by atoms with Gasteiger partial charge in [-0.25, -0.2) is 4.98 Å². The average molecular weight is 196 g/mol. The van der Waals surface area contributed by atoms with Crippen molar-refractivity contribution in [2.24, 2.45) is 0 Å². The maximum atomic E-state index is 11.6. The first-order valence-electron chi connectivity index (χ1n) is 4.31. The van der Waals surface area contributed by atoms with Gasteiger partial charge >= 0.3 is 0 Å². The molecule has 1 aliphatic rings. The highest BCUT2D eigenvalue weighted by Crippen LogP contribution is 2.37. The predicted octanol–water partition coefficient (Wildman–Crippen LogP) is 1.52. The fourth-order valence-electron chi connectivity index (χ4n) is 1.70. The van der Waals surface area contributed by atoms with Crippen LogP contribution < -0.4 is 5.73 Å². The summed E-state index contributed by atoms with van der Waals surface area (Å²) in [6.07, 6.45) is 1.44. The Bertz CT molecular complexity index is 368. The van der Waals surface area contributed by atoms with Crippen LogP contribution in [0.2, 0.25) is 0 Å². The fourth-order valence-corrected chi connectivity index (χ4v) is 2.69. The molecule has 0 spiro atoms. The molecule has 0 bridgehead atoms. The number of anilines is 1. The molecule has 3 nitrogen and oxygen atoms in total. The van der Waals surface area contributed by atoms with E-state index in [1.165, 1.54) is 16.2 Å². The highest BCUT2D eigenvalue weighted by atomic mass is 32.1. The monoisotopic (exact) mass is 196 g/mol. The SMILES string of the molecule is CC1(C)C(=O)CCc2sc(N)nc21. The van der Waals surface area contributed by atoms with E-state index >= 15 is 0 Å². The minimum Gasteiger partial charge on any atom is -0.375 e. The highest BCUT2D eigenvalue weighted by molar-refractivity contribution is 7.15. The third-order valence-electron chi connectivity index (χ3n) is 2.58. The zero-order valence-electron chi connectivity index (χ0n) is 7.76. The predicted molar refractivity (Wildman–Crippen MR) is 52.9 cm³/mol. The van der Waals surface area contributed by atoms with Gasteiger partial charge in [-0.2, -0.15) is 0 Å². The Kier molecular flexibility index (Phi) is 1.70. The Morgan fingerprint density at radius 2 is 2.15 bits per heavy atom. The lowest BCUT2D eigenvalue weighted by atomic mass is 9.77. The van der Waals surface area contributed by atoms with Gasteiger partial charge in [0.15, 0.2) is 5.13 Å². The van der Waals surface area contributed by atoms with Gasteiger partial charge in [0.05, 0.1) is 11.1 Å². The molecule has 1 aliphatic carbocycles. The van der Waals surface area contributed by atoms with Crippen LogP contribution in [-0.2, 0) is 16.6 Å². The number of carbonyl (C=O) groups is 1. The molecule has 1 heterocycles. The molecular weight excluding hydrogens is 184 g/mol. The number of aromatic nitrogens is 1. The number of aryl methyl sites for hydroxylation is 1. The number of nitrogens with two attached hydrogens (primary N) is 1. The van der Waals surface area contributed by atoms with Gasteiger partial charge in [-0.15, -0.1) is 11.3 Å². The number of hydrogen-bond acceptors (Lipinski definition) is 4. The second kappa shape index (κ2) is 2.54. The molecule has 70 valence electrons. The van der Waals surface area contributed by atoms with Crippen molar-refractivity contribution in [2.45, 2.75) is 32.1 Å². The molecule has 2 N–H and O–H groups in total. The summed E-state index contributed by atoms with van der Waals surface area (Å²) in [6.45, 7) is 3.85. The van der Waals surface area contributed by atoms with Crippen molar-refractivity contribution in [3.05, 3.63) is 10.6 Å². The Morgan fingerprint density at radius 1 is 1.46 bits per heavy atom. The minimum absolute atomic E-state index is 0.269. The van der Waals surface area contributed by atoms with Gasteiger partial charge in [0.2, 0.25) is 0 Å². The van der Waals surface area contributed by atoms with Gasteiger partial charge in [0.25, 0.3) is 0 Å². The summed E-state index contributed by atoms with van der Waals surface area (Å²) in [6, 6.07) is 0. The number of nitrogen functional groups attached to an aromatic ring is 1. The van der Waals surface area contributed by atoms with Crippen molar-refractivity contribution in [2.75, 3.05) is 5.73 Å². The highest BCUT2D eigenvalue weighted by Gasteiger charge is 2.37. The van der Waals surface area contributed by atoms with Crippen LogP contribution in [0.3, 0.4) is 0 Å². The summed E-state index contributed by atoms with van der Waals surface area (Å²) in [4.78, 5) is 17.0. The van der Waals surface area contributed by atoms with E-state index in [2.05, 4.69) is 4.98 Å². The van der Waals surface area contributed by atoms with Gasteiger partial charge in [-0.05, 0) is 20.3 Å². The largest absolute Gasteiger partial charge is 0.375 e. The third-order valence-corrected chi connectivity index (χ3v) is 3.53. The van der Waals surface area contributed by atoms with E-state index in [9.17, 15) is 4.79 Å². The lowest BCUT2D eigenvalue weighted by molar-refractivity contribution is -0.124. The molecular formula is C9H12N2OS. The maximum absolute atomic E-state index is 11.6. The number of thiazole rings is 1. The molecule has 0 aliphatic heterocycles. The molecule has 0 radical (unpaired) electrons. The van der Waals surface area contributed by atoms with Crippen molar-refractivity contribution in [1.82, 2.24) is 4.98 Å². The molecule has 0 atom stereocenters. The molecule has 1 aromatic heterocycles. The van der Waals surface area contributed by atoms with Crippen LogP contribution in [0.25, 0.3) is 0 Å². The first-order valence-corrected chi connectivity index (χ1v) is 5.12. The van der Waals surface area contributed by atoms with E-state index in [-0.39, 0.29) is 5.78 Å². The van der Waals surface area contributed by atoms with Crippen LogP contribution >= 0.6 is 11.3 Å². The second-order valence-electron chi connectivity index (χ2n) is 3.87. The number of rotatable bonds is 0. The molecule has 0 saturated carbocycles. The van der Waals surface area contributed by atoms with Gasteiger partial charge in [0, 0.05) is 11.3 Å². The summed E-state index contributed by atoms with van der Waals surface area (Å²) in [7, 11) is 0. The van der Waals surface area contributed by atoms with Crippen molar-refractivity contribution in [3.63, 3.8) is 0 Å². The Morgan fingerprint density at radius 3 is 2.85 bits per heavy atom. The molecule has 13 heavy (non-hydrogen) atoms. The van der Waals surface area contributed by atoms with E-state index in [4.69, 9.17) is 5.73 Å². The minimum atomic E-state index is -0.429. The van der Waals surface area contributed by atoms with E-state index in [1.54, 1.807) is 0 Å². The van der Waals surface area contributed by atoms with E-state index < -0.39 is 5.41 Å². The van der Waals surface area contributed by atoms with Gasteiger partial charge < -0.3 is 5.73 Å². The second-order valence-corrected chi connectivity index (χ2v) is 4.99. The number of fused-ring (bicyclic) bond motifs is 1. The summed E-state index contributed by atoms with van der Waals surface area (Å²) in [5.74, 6) is 0.269. The van der Waals surface area contributed by atoms with Crippen molar-refractivity contribution in [3.8, 4) is 0 Å². The number of Topliss-reactive ketones (excluding diaryl/α,β-unsaturated/α-hetero) is 1. The van der Waals surface area contributed by atoms with Crippen molar-refractivity contribution in [1.29, 1.82) is 0 Å². The lowest BCUT2D eigenvalue weighted by Crippen LogP contribution is -2.34. The van der Waals surface area contributed by atoms with Crippen LogP contribution in [-0.4, -0.2) is 10.8 Å². The van der Waals surface area contributed by atoms with Gasteiger partial charge in [-0.3, -0.25) is 4.79 Å². The van der Waals surface area contributed by atoms with E-state index in [0.29, 0.717) is 11.6 Å². The van der Waals surface area contributed by atoms with Crippen LogP contribution in [0, 0.1) is 0 Å². The number of ketones is 1. The normalized spacial score (nSPS) is 20.0. The van der Waals surface area contributed by atoms with Crippen LogP contribution in [0.4, 0.5) is 5.13 Å². The van der Waals surface area contributed by atoms with Crippen LogP contribution in [0.15, 0.2) is 0 Å².